The predicted molar refractivity (Wildman–Crippen MR) is 90.3 cm³/mol. The molecule has 1 saturated carbocycles. The molecule has 3 rings (SSSR count). The Morgan fingerprint density at radius 1 is 1.36 bits per heavy atom. The van der Waals surface area contributed by atoms with Gasteiger partial charge in [-0.3, -0.25) is 4.99 Å². The van der Waals surface area contributed by atoms with Crippen LogP contribution in [0.4, 0.5) is 0 Å². The number of hydrogen-bond acceptors (Lipinski definition) is 2. The second-order valence-electron chi connectivity index (χ2n) is 6.60. The van der Waals surface area contributed by atoms with Gasteiger partial charge in [-0.2, -0.15) is 0 Å². The molecule has 0 aromatic heterocycles. The summed E-state index contributed by atoms with van der Waals surface area (Å²) < 4.78 is 5.82. The standard InChI is InChI=1S/C18H27N3O/c1-3-19-17(20-13-18(2)10-7-11-22-18)21-16-12-15(16)14-8-5-4-6-9-14/h4-6,8-9,15-16H,3,7,10-13H2,1-2H3,(H2,19,20,21). The number of hydrogen-bond donors (Lipinski definition) is 2. The second-order valence-corrected chi connectivity index (χ2v) is 6.60. The molecular formula is C18H27N3O. The first kappa shape index (κ1) is 15.3. The number of ether oxygens (including phenoxy) is 1. The Labute approximate surface area is 133 Å². The fourth-order valence-corrected chi connectivity index (χ4v) is 3.13. The molecule has 4 nitrogen and oxygen atoms in total. The molecule has 0 amide bonds. The van der Waals surface area contributed by atoms with Crippen LogP contribution in [-0.2, 0) is 4.74 Å². The van der Waals surface area contributed by atoms with E-state index in [0.29, 0.717) is 12.0 Å². The minimum atomic E-state index is -0.0786. The lowest BCUT2D eigenvalue weighted by atomic mass is 10.0. The van der Waals surface area contributed by atoms with Crippen molar-refractivity contribution in [3.8, 4) is 0 Å². The van der Waals surface area contributed by atoms with Gasteiger partial charge >= 0.3 is 0 Å². The topological polar surface area (TPSA) is 45.7 Å². The van der Waals surface area contributed by atoms with E-state index in [9.17, 15) is 0 Å². The van der Waals surface area contributed by atoms with Gasteiger partial charge in [0.1, 0.15) is 0 Å². The lowest BCUT2D eigenvalue weighted by molar-refractivity contribution is 0.0283. The maximum absolute atomic E-state index is 5.82. The van der Waals surface area contributed by atoms with E-state index in [1.54, 1.807) is 0 Å². The van der Waals surface area contributed by atoms with Crippen molar-refractivity contribution < 1.29 is 4.74 Å². The highest BCUT2D eigenvalue weighted by molar-refractivity contribution is 5.80. The van der Waals surface area contributed by atoms with Crippen LogP contribution in [0.25, 0.3) is 0 Å². The Morgan fingerprint density at radius 2 is 2.18 bits per heavy atom. The molecule has 0 bridgehead atoms. The summed E-state index contributed by atoms with van der Waals surface area (Å²) in [5.41, 5.74) is 1.34. The minimum absolute atomic E-state index is 0.0786. The zero-order valence-corrected chi connectivity index (χ0v) is 13.6. The fraction of sp³-hybridized carbons (Fsp3) is 0.611. The lowest BCUT2D eigenvalue weighted by Crippen LogP contribution is -2.40. The molecule has 120 valence electrons. The lowest BCUT2D eigenvalue weighted by Gasteiger charge is -2.21. The van der Waals surface area contributed by atoms with E-state index < -0.39 is 0 Å². The molecule has 2 N–H and O–H groups in total. The highest BCUT2D eigenvalue weighted by Gasteiger charge is 2.39. The third-order valence-electron chi connectivity index (χ3n) is 4.56. The van der Waals surface area contributed by atoms with Gasteiger partial charge < -0.3 is 15.4 Å². The van der Waals surface area contributed by atoms with Gasteiger partial charge in [-0.1, -0.05) is 30.3 Å². The van der Waals surface area contributed by atoms with E-state index in [1.807, 2.05) is 0 Å². The Morgan fingerprint density at radius 3 is 2.86 bits per heavy atom. The number of rotatable bonds is 5. The Balaban J connectivity index is 1.56. The van der Waals surface area contributed by atoms with Crippen molar-refractivity contribution >= 4 is 5.96 Å². The molecule has 0 radical (unpaired) electrons. The zero-order chi connectivity index (χ0) is 15.4. The van der Waals surface area contributed by atoms with Crippen molar-refractivity contribution in [2.45, 2.75) is 50.7 Å². The molecule has 4 heteroatoms. The summed E-state index contributed by atoms with van der Waals surface area (Å²) in [7, 11) is 0. The van der Waals surface area contributed by atoms with Crippen LogP contribution in [-0.4, -0.2) is 37.3 Å². The number of benzene rings is 1. The number of nitrogens with one attached hydrogen (secondary N) is 2. The number of guanidine groups is 1. The maximum atomic E-state index is 5.82. The number of aliphatic imine (C=N–C) groups is 1. The summed E-state index contributed by atoms with van der Waals surface area (Å²) in [4.78, 5) is 4.74. The first-order valence-electron chi connectivity index (χ1n) is 8.44. The van der Waals surface area contributed by atoms with Crippen molar-refractivity contribution in [1.82, 2.24) is 10.6 Å². The molecule has 1 heterocycles. The average molecular weight is 301 g/mol. The fourth-order valence-electron chi connectivity index (χ4n) is 3.13. The molecule has 1 aliphatic carbocycles. The first-order valence-corrected chi connectivity index (χ1v) is 8.44. The van der Waals surface area contributed by atoms with E-state index in [-0.39, 0.29) is 5.60 Å². The summed E-state index contributed by atoms with van der Waals surface area (Å²) >= 11 is 0. The quantitative estimate of drug-likeness (QED) is 0.649. The van der Waals surface area contributed by atoms with Crippen LogP contribution in [0.15, 0.2) is 35.3 Å². The SMILES string of the molecule is CCNC(=NCC1(C)CCCO1)NC1CC1c1ccccc1. The molecule has 1 aliphatic heterocycles. The zero-order valence-electron chi connectivity index (χ0n) is 13.6. The highest BCUT2D eigenvalue weighted by Crippen LogP contribution is 2.40. The molecule has 22 heavy (non-hydrogen) atoms. The average Bonchev–Trinajstić information content (AvgIpc) is 3.17. The smallest absolute Gasteiger partial charge is 0.191 e. The molecule has 0 spiro atoms. The summed E-state index contributed by atoms with van der Waals surface area (Å²) in [6, 6.07) is 11.2. The van der Waals surface area contributed by atoms with Gasteiger partial charge in [0.05, 0.1) is 12.1 Å². The Kier molecular flexibility index (Phi) is 4.67. The Bertz CT molecular complexity index is 508. The van der Waals surface area contributed by atoms with E-state index >= 15 is 0 Å². The molecular weight excluding hydrogens is 274 g/mol. The maximum Gasteiger partial charge on any atom is 0.191 e. The van der Waals surface area contributed by atoms with Crippen LogP contribution >= 0.6 is 0 Å². The van der Waals surface area contributed by atoms with E-state index in [2.05, 4.69) is 54.8 Å². The summed E-state index contributed by atoms with van der Waals surface area (Å²) in [6.45, 7) is 6.75. The minimum Gasteiger partial charge on any atom is -0.373 e. The van der Waals surface area contributed by atoms with Crippen molar-refractivity contribution in [1.29, 1.82) is 0 Å². The van der Waals surface area contributed by atoms with Gasteiger partial charge in [-0.15, -0.1) is 0 Å². The highest BCUT2D eigenvalue weighted by atomic mass is 16.5. The second kappa shape index (κ2) is 6.69. The van der Waals surface area contributed by atoms with Crippen LogP contribution in [0.5, 0.6) is 0 Å². The molecule has 1 saturated heterocycles. The Hall–Kier alpha value is -1.55. The third-order valence-corrected chi connectivity index (χ3v) is 4.56. The van der Waals surface area contributed by atoms with Crippen molar-refractivity contribution in [2.24, 2.45) is 4.99 Å². The largest absolute Gasteiger partial charge is 0.373 e. The van der Waals surface area contributed by atoms with Crippen LogP contribution in [0.1, 0.15) is 44.6 Å². The normalized spacial score (nSPS) is 31.1. The molecule has 1 aromatic rings. The summed E-state index contributed by atoms with van der Waals surface area (Å²) in [5.74, 6) is 1.53. The van der Waals surface area contributed by atoms with E-state index in [1.165, 1.54) is 12.0 Å². The predicted octanol–water partition coefficient (Wildman–Crippen LogP) is 2.67. The van der Waals surface area contributed by atoms with E-state index in [0.717, 1.165) is 38.5 Å². The molecule has 3 atom stereocenters. The molecule has 1 aromatic carbocycles. The van der Waals surface area contributed by atoms with Crippen molar-refractivity contribution in [3.05, 3.63) is 35.9 Å². The molecule has 3 unspecified atom stereocenters. The van der Waals surface area contributed by atoms with Crippen LogP contribution in [0.2, 0.25) is 0 Å². The molecule has 2 fully saturated rings. The first-order chi connectivity index (χ1) is 10.7. The summed E-state index contributed by atoms with van der Waals surface area (Å²) in [6.07, 6.45) is 3.43. The third kappa shape index (κ3) is 3.80. The van der Waals surface area contributed by atoms with Gasteiger partial charge in [0.25, 0.3) is 0 Å². The van der Waals surface area contributed by atoms with Gasteiger partial charge in [0.2, 0.25) is 0 Å². The van der Waals surface area contributed by atoms with Gasteiger partial charge in [-0.25, -0.2) is 0 Å². The monoisotopic (exact) mass is 301 g/mol. The van der Waals surface area contributed by atoms with Gasteiger partial charge in [0.15, 0.2) is 5.96 Å². The summed E-state index contributed by atoms with van der Waals surface area (Å²) in [5, 5.41) is 6.92. The van der Waals surface area contributed by atoms with Gasteiger partial charge in [-0.05, 0) is 38.7 Å². The van der Waals surface area contributed by atoms with Crippen LogP contribution in [0.3, 0.4) is 0 Å². The van der Waals surface area contributed by atoms with Crippen LogP contribution < -0.4 is 10.6 Å². The van der Waals surface area contributed by atoms with E-state index in [4.69, 9.17) is 9.73 Å². The van der Waals surface area contributed by atoms with Gasteiger partial charge in [0, 0.05) is 25.1 Å². The molecule has 2 aliphatic rings. The van der Waals surface area contributed by atoms with Crippen molar-refractivity contribution in [2.75, 3.05) is 19.7 Å². The van der Waals surface area contributed by atoms with Crippen molar-refractivity contribution in [3.63, 3.8) is 0 Å². The number of nitrogens with zero attached hydrogens (tertiary/aromatic N) is 1. The van der Waals surface area contributed by atoms with Crippen LogP contribution in [0, 0.1) is 0 Å².